The predicted octanol–water partition coefficient (Wildman–Crippen LogP) is 10.3. The van der Waals surface area contributed by atoms with Crippen molar-refractivity contribution in [1.29, 1.82) is 0 Å². The molecule has 0 radical (unpaired) electrons. The molecule has 0 saturated carbocycles. The van der Waals surface area contributed by atoms with Crippen LogP contribution in [0, 0.1) is 6.92 Å². The molecule has 0 fully saturated rings. The van der Waals surface area contributed by atoms with Gasteiger partial charge in [-0.05, 0) is 85.1 Å². The molecule has 218 valence electrons. The maximum atomic E-state index is 12.8. The molecule has 0 unspecified atom stereocenters. The minimum Gasteiger partial charge on any atom is -0.497 e. The van der Waals surface area contributed by atoms with E-state index in [4.69, 9.17) is 9.47 Å². The van der Waals surface area contributed by atoms with Crippen molar-refractivity contribution in [2.75, 3.05) is 7.11 Å². The van der Waals surface area contributed by atoms with Crippen LogP contribution >= 0.6 is 0 Å². The third-order valence-corrected chi connectivity index (χ3v) is 6.98. The second-order valence-electron chi connectivity index (χ2n) is 7.56. The van der Waals surface area contributed by atoms with Crippen molar-refractivity contribution in [3.05, 3.63) is 114 Å². The summed E-state index contributed by atoms with van der Waals surface area (Å²) >= 11 is 0. The van der Waals surface area contributed by atoms with Crippen LogP contribution in [0.15, 0.2) is 107 Å². The fraction of sp³-hybridized carbons (Fsp3) is 0.314. The Kier molecular flexibility index (Phi) is 18.5. The van der Waals surface area contributed by atoms with E-state index >= 15 is 0 Å². The molecule has 0 atom stereocenters. The van der Waals surface area contributed by atoms with Crippen molar-refractivity contribution < 1.29 is 17.9 Å². The van der Waals surface area contributed by atoms with Crippen molar-refractivity contribution in [2.24, 2.45) is 0 Å². The van der Waals surface area contributed by atoms with Gasteiger partial charge in [0.2, 0.25) is 9.84 Å². The van der Waals surface area contributed by atoms with Crippen molar-refractivity contribution in [3.63, 3.8) is 0 Å². The smallest absolute Gasteiger partial charge is 0.206 e. The van der Waals surface area contributed by atoms with E-state index < -0.39 is 9.84 Å². The van der Waals surface area contributed by atoms with Crippen molar-refractivity contribution >= 4 is 9.84 Å². The van der Waals surface area contributed by atoms with E-state index in [-0.39, 0.29) is 9.79 Å². The first-order chi connectivity index (χ1) is 19.4. The summed E-state index contributed by atoms with van der Waals surface area (Å²) in [5.41, 5.74) is 3.71. The van der Waals surface area contributed by atoms with Gasteiger partial charge in [0.25, 0.3) is 0 Å². The number of aryl methyl sites for hydroxylation is 1. The lowest BCUT2D eigenvalue weighted by Gasteiger charge is -2.09. The normalized spacial score (nSPS) is 9.55. The summed E-state index contributed by atoms with van der Waals surface area (Å²) in [6.07, 6.45) is 0.860. The molecule has 5 heteroatoms. The van der Waals surface area contributed by atoms with Crippen LogP contribution in [0.1, 0.15) is 72.1 Å². The Bertz CT molecular complexity index is 1280. The molecule has 0 spiro atoms. The number of rotatable bonds is 7. The highest BCUT2D eigenvalue weighted by Crippen LogP contribution is 2.27. The average Bonchev–Trinajstić information content (AvgIpc) is 3.03. The van der Waals surface area contributed by atoms with Crippen LogP contribution in [-0.4, -0.2) is 15.5 Å². The Morgan fingerprint density at radius 1 is 0.500 bits per heavy atom. The van der Waals surface area contributed by atoms with E-state index in [9.17, 15) is 8.42 Å². The molecule has 4 aromatic rings. The monoisotopic (exact) mass is 564 g/mol. The molecule has 0 heterocycles. The number of hydrogen-bond acceptors (Lipinski definition) is 4. The zero-order valence-corrected chi connectivity index (χ0v) is 26.8. The molecular formula is C35H48O4S. The Morgan fingerprint density at radius 2 is 0.825 bits per heavy atom. The summed E-state index contributed by atoms with van der Waals surface area (Å²) in [5, 5.41) is 0. The highest BCUT2D eigenvalue weighted by atomic mass is 32.2. The molecule has 0 saturated heterocycles. The van der Waals surface area contributed by atoms with E-state index in [2.05, 4.69) is 31.2 Å². The molecular weight excluding hydrogens is 516 g/mol. The number of sulfone groups is 1. The van der Waals surface area contributed by atoms with E-state index in [1.807, 2.05) is 79.7 Å². The van der Waals surface area contributed by atoms with E-state index in [1.54, 1.807) is 43.5 Å². The maximum absolute atomic E-state index is 12.8. The summed E-state index contributed by atoms with van der Waals surface area (Å²) in [6, 6.07) is 29.2. The number of benzene rings is 4. The molecule has 4 rings (SSSR count). The quantitative estimate of drug-likeness (QED) is 0.224. The third kappa shape index (κ3) is 11.3. The third-order valence-electron chi connectivity index (χ3n) is 5.19. The molecule has 0 amide bonds. The van der Waals surface area contributed by atoms with Gasteiger partial charge in [-0.3, -0.25) is 0 Å². The molecule has 0 aliphatic rings. The van der Waals surface area contributed by atoms with Gasteiger partial charge in [0.1, 0.15) is 17.2 Å². The summed E-state index contributed by atoms with van der Waals surface area (Å²) in [7, 11) is -2.06. The Hall–Kier alpha value is -3.57. The molecule has 40 heavy (non-hydrogen) atoms. The van der Waals surface area contributed by atoms with Gasteiger partial charge in [-0.25, -0.2) is 8.42 Å². The first kappa shape index (κ1) is 36.4. The molecule has 4 aromatic carbocycles. The highest BCUT2D eigenvalue weighted by molar-refractivity contribution is 7.91. The van der Waals surface area contributed by atoms with Crippen LogP contribution in [0.25, 0.3) is 0 Å². The van der Waals surface area contributed by atoms with Gasteiger partial charge >= 0.3 is 0 Å². The fourth-order valence-corrected chi connectivity index (χ4v) is 4.59. The molecule has 0 aromatic heterocycles. The lowest BCUT2D eigenvalue weighted by Crippen LogP contribution is -2.01. The fourth-order valence-electron chi connectivity index (χ4n) is 3.33. The van der Waals surface area contributed by atoms with E-state index in [0.717, 1.165) is 6.42 Å². The topological polar surface area (TPSA) is 52.6 Å². The maximum Gasteiger partial charge on any atom is 0.206 e. The van der Waals surface area contributed by atoms with Crippen molar-refractivity contribution in [3.8, 4) is 17.2 Å². The lowest BCUT2D eigenvalue weighted by molar-refractivity contribution is 0.414. The van der Waals surface area contributed by atoms with Gasteiger partial charge in [-0.1, -0.05) is 97.4 Å². The summed E-state index contributed by atoms with van der Waals surface area (Å²) in [5.74, 6) is 1.88. The zero-order chi connectivity index (χ0) is 30.6. The van der Waals surface area contributed by atoms with Gasteiger partial charge in [0.15, 0.2) is 0 Å². The molecule has 0 N–H and O–H groups in total. The average molecular weight is 565 g/mol. The van der Waals surface area contributed by atoms with Crippen molar-refractivity contribution in [2.45, 2.75) is 78.5 Å². The van der Waals surface area contributed by atoms with Gasteiger partial charge in [-0.2, -0.15) is 0 Å². The zero-order valence-electron chi connectivity index (χ0n) is 26.0. The van der Waals surface area contributed by atoms with Crippen LogP contribution in [0.2, 0.25) is 0 Å². The van der Waals surface area contributed by atoms with Crippen LogP contribution in [0.5, 0.6) is 17.2 Å². The molecule has 0 aliphatic heterocycles. The molecule has 0 aliphatic carbocycles. The van der Waals surface area contributed by atoms with Gasteiger partial charge in [-0.15, -0.1) is 0 Å². The Morgan fingerprint density at radius 3 is 1.20 bits per heavy atom. The standard InChI is InChI=1S/C27H24O4S.4C2H6/c1-20-3-5-21(6-4-20)19-22-7-9-24(10-8-22)31-25-13-17-27(18-14-25)32(28,29)26-15-11-23(30-2)12-16-26;4*1-2/h3-18H,19H2,1-2H3;4*1-2H3. The van der Waals surface area contributed by atoms with E-state index in [0.29, 0.717) is 17.2 Å². The number of ether oxygens (including phenoxy) is 2. The van der Waals surface area contributed by atoms with Gasteiger partial charge in [0.05, 0.1) is 16.9 Å². The SMILES string of the molecule is CC.CC.CC.CC.COc1ccc(S(=O)(=O)c2ccc(Oc3ccc(Cc4ccc(C)cc4)cc3)cc2)cc1. The van der Waals surface area contributed by atoms with E-state index in [1.165, 1.54) is 28.8 Å². The minimum absolute atomic E-state index is 0.212. The number of methoxy groups -OCH3 is 1. The first-order valence-electron chi connectivity index (χ1n) is 14.3. The first-order valence-corrected chi connectivity index (χ1v) is 15.7. The Balaban J connectivity index is 0.00000175. The lowest BCUT2D eigenvalue weighted by atomic mass is 10.0. The number of hydrogen-bond donors (Lipinski definition) is 0. The van der Waals surface area contributed by atoms with Crippen LogP contribution in [0.3, 0.4) is 0 Å². The summed E-state index contributed by atoms with van der Waals surface area (Å²) < 4.78 is 36.6. The van der Waals surface area contributed by atoms with Gasteiger partial charge in [0, 0.05) is 0 Å². The van der Waals surface area contributed by atoms with Crippen LogP contribution < -0.4 is 9.47 Å². The summed E-state index contributed by atoms with van der Waals surface area (Å²) in [4.78, 5) is 0.430. The molecule has 0 bridgehead atoms. The Labute approximate surface area is 243 Å². The predicted molar refractivity (Wildman–Crippen MR) is 171 cm³/mol. The minimum atomic E-state index is -3.60. The van der Waals surface area contributed by atoms with Crippen LogP contribution in [0.4, 0.5) is 0 Å². The second kappa shape index (κ2) is 20.3. The summed E-state index contributed by atoms with van der Waals surface area (Å²) in [6.45, 7) is 18.1. The second-order valence-corrected chi connectivity index (χ2v) is 9.51. The van der Waals surface area contributed by atoms with Gasteiger partial charge < -0.3 is 9.47 Å². The largest absolute Gasteiger partial charge is 0.497 e. The van der Waals surface area contributed by atoms with Crippen molar-refractivity contribution in [1.82, 2.24) is 0 Å². The van der Waals surface area contributed by atoms with Crippen LogP contribution in [-0.2, 0) is 16.3 Å². The molecule has 4 nitrogen and oxygen atoms in total. The highest BCUT2D eigenvalue weighted by Gasteiger charge is 2.17.